The van der Waals surface area contributed by atoms with Crippen LogP contribution in [0.2, 0.25) is 5.02 Å². The van der Waals surface area contributed by atoms with Crippen LogP contribution in [-0.4, -0.2) is 4.99 Å². The van der Waals surface area contributed by atoms with Crippen LogP contribution in [0, 0.1) is 0 Å². The van der Waals surface area contributed by atoms with E-state index in [-0.39, 0.29) is 0 Å². The molecule has 0 radical (unpaired) electrons. The minimum Gasteiger partial charge on any atom is -0.399 e. The Morgan fingerprint density at radius 3 is 2.67 bits per heavy atom. The molecule has 1 aromatic carbocycles. The average Bonchev–Trinajstić information content (AvgIpc) is 1.94. The van der Waals surface area contributed by atoms with Crippen LogP contribution in [0.4, 0.5) is 5.69 Å². The summed E-state index contributed by atoms with van der Waals surface area (Å²) in [5.41, 5.74) is 12.4. The first-order chi connectivity index (χ1) is 5.59. The van der Waals surface area contributed by atoms with Gasteiger partial charge in [0, 0.05) is 17.1 Å². The Labute approximate surface area is 81.5 Å². The van der Waals surface area contributed by atoms with Crippen molar-refractivity contribution < 1.29 is 0 Å². The first kappa shape index (κ1) is 9.29. The fourth-order valence-corrected chi connectivity index (χ4v) is 1.31. The molecule has 1 rings (SSSR count). The van der Waals surface area contributed by atoms with E-state index in [9.17, 15) is 0 Å². The van der Waals surface area contributed by atoms with E-state index >= 15 is 0 Å². The number of halogens is 1. The van der Waals surface area contributed by atoms with Gasteiger partial charge in [0.05, 0.1) is 4.99 Å². The maximum absolute atomic E-state index is 5.88. The fourth-order valence-electron chi connectivity index (χ4n) is 0.895. The molecule has 4 N–H and O–H groups in total. The quantitative estimate of drug-likeness (QED) is 0.565. The van der Waals surface area contributed by atoms with Crippen molar-refractivity contribution in [3.05, 3.63) is 28.8 Å². The van der Waals surface area contributed by atoms with Gasteiger partial charge in [-0.05, 0) is 17.7 Å². The topological polar surface area (TPSA) is 52.0 Å². The van der Waals surface area contributed by atoms with E-state index in [1.807, 2.05) is 6.07 Å². The average molecular weight is 201 g/mol. The number of nitrogen functional groups attached to an aromatic ring is 1. The highest BCUT2D eigenvalue weighted by atomic mass is 35.5. The van der Waals surface area contributed by atoms with Crippen LogP contribution in [0.25, 0.3) is 0 Å². The number of hydrogen-bond donors (Lipinski definition) is 2. The maximum atomic E-state index is 5.88. The zero-order chi connectivity index (χ0) is 9.14. The SMILES string of the molecule is NC(=S)Cc1ccc(N)cc1Cl. The third kappa shape index (κ3) is 2.36. The Kier molecular flexibility index (Phi) is 2.89. The molecule has 0 aliphatic heterocycles. The molecule has 4 heteroatoms. The molecule has 0 amide bonds. The van der Waals surface area contributed by atoms with E-state index in [0.29, 0.717) is 22.1 Å². The monoisotopic (exact) mass is 200 g/mol. The van der Waals surface area contributed by atoms with Crippen molar-refractivity contribution in [1.29, 1.82) is 0 Å². The number of anilines is 1. The number of hydrogen-bond acceptors (Lipinski definition) is 2. The maximum Gasteiger partial charge on any atom is 0.0772 e. The molecule has 0 saturated carbocycles. The van der Waals surface area contributed by atoms with Gasteiger partial charge in [0.25, 0.3) is 0 Å². The Bertz CT molecular complexity index is 312. The molecule has 0 fully saturated rings. The fraction of sp³-hybridized carbons (Fsp3) is 0.125. The van der Waals surface area contributed by atoms with Crippen LogP contribution in [0.5, 0.6) is 0 Å². The summed E-state index contributed by atoms with van der Waals surface area (Å²) < 4.78 is 0. The van der Waals surface area contributed by atoms with Gasteiger partial charge >= 0.3 is 0 Å². The predicted molar refractivity (Wildman–Crippen MR) is 56.4 cm³/mol. The molecule has 0 unspecified atom stereocenters. The van der Waals surface area contributed by atoms with Crippen molar-refractivity contribution in [3.8, 4) is 0 Å². The molecule has 2 nitrogen and oxygen atoms in total. The lowest BCUT2D eigenvalue weighted by Crippen LogP contribution is -2.11. The Balaban J connectivity index is 2.93. The van der Waals surface area contributed by atoms with E-state index in [1.165, 1.54) is 0 Å². The second-order valence-corrected chi connectivity index (χ2v) is 3.43. The zero-order valence-corrected chi connectivity index (χ0v) is 7.95. The van der Waals surface area contributed by atoms with E-state index in [2.05, 4.69) is 0 Å². The second-order valence-electron chi connectivity index (χ2n) is 2.49. The Hall–Kier alpha value is -0.800. The van der Waals surface area contributed by atoms with Gasteiger partial charge in [-0.15, -0.1) is 0 Å². The Morgan fingerprint density at radius 1 is 1.50 bits per heavy atom. The lowest BCUT2D eigenvalue weighted by atomic mass is 10.1. The molecule has 64 valence electrons. The smallest absolute Gasteiger partial charge is 0.0772 e. The van der Waals surface area contributed by atoms with E-state index < -0.39 is 0 Å². The molecular formula is C8H9ClN2S. The largest absolute Gasteiger partial charge is 0.399 e. The van der Waals surface area contributed by atoms with Crippen LogP contribution >= 0.6 is 23.8 Å². The molecule has 12 heavy (non-hydrogen) atoms. The third-order valence-corrected chi connectivity index (χ3v) is 1.94. The lowest BCUT2D eigenvalue weighted by Gasteiger charge is -2.02. The number of benzene rings is 1. The molecule has 0 bridgehead atoms. The summed E-state index contributed by atoms with van der Waals surface area (Å²) in [5, 5.41) is 0.614. The normalized spacial score (nSPS) is 9.75. The summed E-state index contributed by atoms with van der Waals surface area (Å²) in [5.74, 6) is 0. The molecule has 0 aliphatic carbocycles. The van der Waals surface area contributed by atoms with Crippen LogP contribution in [0.15, 0.2) is 18.2 Å². The summed E-state index contributed by atoms with van der Waals surface area (Å²) in [6.45, 7) is 0. The minimum atomic E-state index is 0.432. The van der Waals surface area contributed by atoms with E-state index in [4.69, 9.17) is 35.3 Å². The third-order valence-electron chi connectivity index (χ3n) is 1.44. The summed E-state index contributed by atoms with van der Waals surface area (Å²) in [6.07, 6.45) is 0.522. The van der Waals surface area contributed by atoms with Gasteiger partial charge in [-0.2, -0.15) is 0 Å². The number of rotatable bonds is 2. The van der Waals surface area contributed by atoms with E-state index in [0.717, 1.165) is 5.56 Å². The van der Waals surface area contributed by atoms with Crippen molar-refractivity contribution in [3.63, 3.8) is 0 Å². The summed E-state index contributed by atoms with van der Waals surface area (Å²) in [6, 6.07) is 5.30. The standard InChI is InChI=1S/C8H9ClN2S/c9-7-4-6(10)2-1-5(7)3-8(11)12/h1-2,4H,3,10H2,(H2,11,12). The molecule has 0 spiro atoms. The molecule has 0 saturated heterocycles. The van der Waals surface area contributed by atoms with Crippen LogP contribution in [0.1, 0.15) is 5.56 Å². The molecule has 0 heterocycles. The van der Waals surface area contributed by atoms with Crippen molar-refractivity contribution in [2.75, 3.05) is 5.73 Å². The highest BCUT2D eigenvalue weighted by Crippen LogP contribution is 2.19. The first-order valence-corrected chi connectivity index (χ1v) is 4.20. The van der Waals surface area contributed by atoms with Gasteiger partial charge in [0.2, 0.25) is 0 Å². The first-order valence-electron chi connectivity index (χ1n) is 3.42. The Morgan fingerprint density at radius 2 is 2.17 bits per heavy atom. The van der Waals surface area contributed by atoms with Crippen molar-refractivity contribution in [2.24, 2.45) is 5.73 Å². The molecule has 0 aromatic heterocycles. The predicted octanol–water partition coefficient (Wildman–Crippen LogP) is 1.75. The van der Waals surface area contributed by atoms with Gasteiger partial charge in [0.15, 0.2) is 0 Å². The van der Waals surface area contributed by atoms with Gasteiger partial charge in [-0.3, -0.25) is 0 Å². The zero-order valence-electron chi connectivity index (χ0n) is 6.38. The van der Waals surface area contributed by atoms with Gasteiger partial charge < -0.3 is 11.5 Å². The highest BCUT2D eigenvalue weighted by Gasteiger charge is 2.01. The second kappa shape index (κ2) is 3.74. The van der Waals surface area contributed by atoms with Gasteiger partial charge in [-0.25, -0.2) is 0 Å². The molecular weight excluding hydrogens is 192 g/mol. The summed E-state index contributed by atoms with van der Waals surface area (Å²) in [7, 11) is 0. The van der Waals surface area contributed by atoms with Crippen molar-refractivity contribution in [1.82, 2.24) is 0 Å². The number of thiocarbonyl (C=S) groups is 1. The van der Waals surface area contributed by atoms with Crippen LogP contribution < -0.4 is 11.5 Å². The minimum absolute atomic E-state index is 0.432. The van der Waals surface area contributed by atoms with Crippen LogP contribution in [-0.2, 0) is 6.42 Å². The molecule has 0 atom stereocenters. The number of nitrogens with two attached hydrogens (primary N) is 2. The van der Waals surface area contributed by atoms with Crippen molar-refractivity contribution in [2.45, 2.75) is 6.42 Å². The van der Waals surface area contributed by atoms with Gasteiger partial charge in [-0.1, -0.05) is 29.9 Å². The molecule has 0 aliphatic rings. The lowest BCUT2D eigenvalue weighted by molar-refractivity contribution is 1.33. The summed E-state index contributed by atoms with van der Waals surface area (Å²) in [4.78, 5) is 0.432. The van der Waals surface area contributed by atoms with Gasteiger partial charge in [0.1, 0.15) is 0 Å². The molecule has 1 aromatic rings. The van der Waals surface area contributed by atoms with E-state index in [1.54, 1.807) is 12.1 Å². The summed E-state index contributed by atoms with van der Waals surface area (Å²) >= 11 is 10.6. The van der Waals surface area contributed by atoms with Crippen molar-refractivity contribution >= 4 is 34.5 Å². The van der Waals surface area contributed by atoms with Crippen LogP contribution in [0.3, 0.4) is 0 Å². The highest BCUT2D eigenvalue weighted by molar-refractivity contribution is 7.80.